The fourth-order valence-electron chi connectivity index (χ4n) is 2.83. The molecule has 0 amide bonds. The number of carbonyl (C=O) groups is 1. The van der Waals surface area contributed by atoms with Gasteiger partial charge in [0, 0.05) is 12.3 Å². The third-order valence-corrected chi connectivity index (χ3v) is 3.72. The van der Waals surface area contributed by atoms with Crippen molar-refractivity contribution in [3.8, 4) is 0 Å². The molecule has 1 saturated carbocycles. The molecule has 88 valence electrons. The van der Waals surface area contributed by atoms with Gasteiger partial charge in [-0.3, -0.25) is 4.79 Å². The van der Waals surface area contributed by atoms with E-state index in [9.17, 15) is 4.79 Å². The van der Waals surface area contributed by atoms with Gasteiger partial charge in [-0.1, -0.05) is 46.5 Å². The molecule has 1 rings (SSSR count). The molecule has 0 spiro atoms. The number of Topliss-reactive ketones (excluding diaryl/α,β-unsaturated/α-hetero) is 1. The zero-order valence-electron chi connectivity index (χ0n) is 10.6. The lowest BCUT2D eigenvalue weighted by Crippen LogP contribution is -2.23. The minimum atomic E-state index is 0.396. The van der Waals surface area contributed by atoms with E-state index in [0.717, 1.165) is 25.2 Å². The number of hydrogen-bond donors (Lipinski definition) is 0. The summed E-state index contributed by atoms with van der Waals surface area (Å²) in [6.07, 6.45) is 8.13. The molecule has 15 heavy (non-hydrogen) atoms. The summed E-state index contributed by atoms with van der Waals surface area (Å²) >= 11 is 0. The normalized spacial score (nSPS) is 28.7. The lowest BCUT2D eigenvalue weighted by atomic mass is 9.78. The highest BCUT2D eigenvalue weighted by molar-refractivity contribution is 5.81. The van der Waals surface area contributed by atoms with Crippen LogP contribution in [0.15, 0.2) is 0 Å². The topological polar surface area (TPSA) is 17.1 Å². The van der Waals surface area contributed by atoms with Crippen LogP contribution in [-0.4, -0.2) is 5.78 Å². The van der Waals surface area contributed by atoms with Crippen LogP contribution in [0.1, 0.15) is 65.7 Å². The van der Waals surface area contributed by atoms with Gasteiger partial charge in [-0.15, -0.1) is 0 Å². The van der Waals surface area contributed by atoms with Gasteiger partial charge in [0.1, 0.15) is 5.78 Å². The van der Waals surface area contributed by atoms with Crippen LogP contribution in [0.2, 0.25) is 0 Å². The van der Waals surface area contributed by atoms with Crippen LogP contribution in [0.4, 0.5) is 0 Å². The molecule has 0 N–H and O–H groups in total. The molecule has 0 heterocycles. The predicted octanol–water partition coefficient (Wildman–Crippen LogP) is 4.21. The summed E-state index contributed by atoms with van der Waals surface area (Å²) in [5.74, 6) is 2.31. The maximum Gasteiger partial charge on any atom is 0.136 e. The number of hydrogen-bond acceptors (Lipinski definition) is 1. The van der Waals surface area contributed by atoms with Crippen molar-refractivity contribution in [2.24, 2.45) is 17.8 Å². The summed E-state index contributed by atoms with van der Waals surface area (Å²) < 4.78 is 0. The molecular formula is C14H26O. The zero-order chi connectivity index (χ0) is 11.3. The molecule has 1 aliphatic carbocycles. The smallest absolute Gasteiger partial charge is 0.136 e. The Morgan fingerprint density at radius 1 is 1.40 bits per heavy atom. The molecule has 0 aliphatic heterocycles. The molecule has 1 fully saturated rings. The van der Waals surface area contributed by atoms with Gasteiger partial charge in [-0.25, -0.2) is 0 Å². The van der Waals surface area contributed by atoms with Crippen molar-refractivity contribution in [1.82, 2.24) is 0 Å². The first-order chi connectivity index (χ1) is 7.13. The third kappa shape index (κ3) is 4.36. The minimum absolute atomic E-state index is 0.396. The molecule has 0 radical (unpaired) electrons. The average molecular weight is 210 g/mol. The lowest BCUT2D eigenvalue weighted by Gasteiger charge is -2.26. The van der Waals surface area contributed by atoms with Crippen molar-refractivity contribution in [3.05, 3.63) is 0 Å². The average Bonchev–Trinajstić information content (AvgIpc) is 2.18. The van der Waals surface area contributed by atoms with Gasteiger partial charge >= 0.3 is 0 Å². The van der Waals surface area contributed by atoms with Crippen LogP contribution in [0.5, 0.6) is 0 Å². The zero-order valence-corrected chi connectivity index (χ0v) is 10.6. The van der Waals surface area contributed by atoms with Gasteiger partial charge in [0.05, 0.1) is 0 Å². The van der Waals surface area contributed by atoms with E-state index >= 15 is 0 Å². The maximum atomic E-state index is 12.0. The predicted molar refractivity (Wildman–Crippen MR) is 64.8 cm³/mol. The van der Waals surface area contributed by atoms with E-state index in [4.69, 9.17) is 0 Å². The Labute approximate surface area is 94.6 Å². The summed E-state index contributed by atoms with van der Waals surface area (Å²) in [6, 6.07) is 0. The second-order valence-corrected chi connectivity index (χ2v) is 5.53. The Balaban J connectivity index is 2.32. The minimum Gasteiger partial charge on any atom is -0.299 e. The van der Waals surface area contributed by atoms with Crippen LogP contribution in [0.3, 0.4) is 0 Å². The van der Waals surface area contributed by atoms with E-state index in [1.165, 1.54) is 25.7 Å². The van der Waals surface area contributed by atoms with E-state index in [1.807, 2.05) is 0 Å². The second-order valence-electron chi connectivity index (χ2n) is 5.53. The largest absolute Gasteiger partial charge is 0.299 e. The highest BCUT2D eigenvalue weighted by Crippen LogP contribution is 2.30. The molecule has 0 saturated heterocycles. The van der Waals surface area contributed by atoms with Gasteiger partial charge in [-0.2, -0.15) is 0 Å². The molecule has 1 nitrogen and oxygen atoms in total. The molecule has 3 unspecified atom stereocenters. The number of rotatable bonds is 5. The van der Waals surface area contributed by atoms with E-state index < -0.39 is 0 Å². The summed E-state index contributed by atoms with van der Waals surface area (Å²) in [7, 11) is 0. The Kier molecular flexibility index (Phi) is 5.35. The first-order valence-corrected chi connectivity index (χ1v) is 6.66. The molecule has 3 atom stereocenters. The number of ketones is 1. The maximum absolute atomic E-state index is 12.0. The number of carbonyl (C=O) groups excluding carboxylic acids is 1. The van der Waals surface area contributed by atoms with Crippen molar-refractivity contribution in [2.75, 3.05) is 0 Å². The molecule has 0 bridgehead atoms. The summed E-state index contributed by atoms with van der Waals surface area (Å²) in [6.45, 7) is 6.70. The highest BCUT2D eigenvalue weighted by atomic mass is 16.1. The molecule has 0 aromatic rings. The standard InChI is InChI=1S/C14H26O/c1-4-6-11(2)10-14(15)13-8-5-7-12(3)9-13/h11-13H,4-10H2,1-3H3. The van der Waals surface area contributed by atoms with Crippen molar-refractivity contribution in [2.45, 2.75) is 65.7 Å². The van der Waals surface area contributed by atoms with Gasteiger partial charge in [0.15, 0.2) is 0 Å². The summed E-state index contributed by atoms with van der Waals surface area (Å²) in [4.78, 5) is 12.0. The van der Waals surface area contributed by atoms with Gasteiger partial charge in [-0.05, 0) is 24.7 Å². The third-order valence-electron chi connectivity index (χ3n) is 3.72. The summed E-state index contributed by atoms with van der Waals surface area (Å²) in [5.41, 5.74) is 0. The fraction of sp³-hybridized carbons (Fsp3) is 0.929. The molecular weight excluding hydrogens is 184 g/mol. The van der Waals surface area contributed by atoms with Crippen LogP contribution < -0.4 is 0 Å². The van der Waals surface area contributed by atoms with E-state index in [1.54, 1.807) is 0 Å². The van der Waals surface area contributed by atoms with E-state index in [0.29, 0.717) is 17.6 Å². The first kappa shape index (κ1) is 12.7. The van der Waals surface area contributed by atoms with Crippen LogP contribution in [0, 0.1) is 17.8 Å². The Bertz CT molecular complexity index is 198. The van der Waals surface area contributed by atoms with Gasteiger partial charge in [0.25, 0.3) is 0 Å². The van der Waals surface area contributed by atoms with Gasteiger partial charge < -0.3 is 0 Å². The Hall–Kier alpha value is -0.330. The Morgan fingerprint density at radius 3 is 2.73 bits per heavy atom. The summed E-state index contributed by atoms with van der Waals surface area (Å²) in [5, 5.41) is 0. The van der Waals surface area contributed by atoms with Crippen molar-refractivity contribution < 1.29 is 4.79 Å². The second kappa shape index (κ2) is 6.30. The molecule has 0 aromatic heterocycles. The lowest BCUT2D eigenvalue weighted by molar-refractivity contribution is -0.125. The fourth-order valence-corrected chi connectivity index (χ4v) is 2.83. The molecule has 0 aromatic carbocycles. The SMILES string of the molecule is CCCC(C)CC(=O)C1CCCC(C)C1. The Morgan fingerprint density at radius 2 is 2.13 bits per heavy atom. The van der Waals surface area contributed by atoms with Gasteiger partial charge in [0.2, 0.25) is 0 Å². The first-order valence-electron chi connectivity index (χ1n) is 6.66. The quantitative estimate of drug-likeness (QED) is 0.664. The molecule has 1 aliphatic rings. The van der Waals surface area contributed by atoms with Crippen LogP contribution >= 0.6 is 0 Å². The van der Waals surface area contributed by atoms with E-state index in [2.05, 4.69) is 20.8 Å². The van der Waals surface area contributed by atoms with E-state index in [-0.39, 0.29) is 0 Å². The van der Waals surface area contributed by atoms with Crippen LogP contribution in [0.25, 0.3) is 0 Å². The monoisotopic (exact) mass is 210 g/mol. The van der Waals surface area contributed by atoms with Crippen molar-refractivity contribution in [1.29, 1.82) is 0 Å². The van der Waals surface area contributed by atoms with Crippen LogP contribution in [-0.2, 0) is 4.79 Å². The van der Waals surface area contributed by atoms with Crippen molar-refractivity contribution in [3.63, 3.8) is 0 Å². The van der Waals surface area contributed by atoms with Crippen molar-refractivity contribution >= 4 is 5.78 Å². The highest BCUT2D eigenvalue weighted by Gasteiger charge is 2.25. The molecule has 1 heteroatoms.